The Morgan fingerprint density at radius 1 is 1.13 bits per heavy atom. The SMILES string of the molecule is CCC1(c2ccccc2)NC(=O)N(CC(=O)N(CCC#N)c2ccc(C)c(C)c2)C1=O. The maximum atomic E-state index is 13.3. The average molecular weight is 418 g/mol. The van der Waals surface area contributed by atoms with Crippen LogP contribution in [0.5, 0.6) is 0 Å². The number of benzene rings is 2. The molecular weight excluding hydrogens is 392 g/mol. The smallest absolute Gasteiger partial charge is 0.319 e. The summed E-state index contributed by atoms with van der Waals surface area (Å²) < 4.78 is 0. The van der Waals surface area contributed by atoms with Crippen LogP contribution in [-0.4, -0.2) is 35.8 Å². The van der Waals surface area contributed by atoms with Gasteiger partial charge in [0, 0.05) is 12.2 Å². The number of hydrogen-bond donors (Lipinski definition) is 1. The molecule has 0 aromatic heterocycles. The molecule has 1 heterocycles. The first-order chi connectivity index (χ1) is 14.8. The van der Waals surface area contributed by atoms with Gasteiger partial charge in [0.25, 0.3) is 5.91 Å². The van der Waals surface area contributed by atoms with Crippen LogP contribution in [0, 0.1) is 25.2 Å². The summed E-state index contributed by atoms with van der Waals surface area (Å²) in [5.41, 5.74) is 2.23. The summed E-state index contributed by atoms with van der Waals surface area (Å²) in [5.74, 6) is -0.859. The van der Waals surface area contributed by atoms with E-state index in [1.54, 1.807) is 12.1 Å². The molecule has 4 amide bonds. The minimum absolute atomic E-state index is 0.141. The lowest BCUT2D eigenvalue weighted by Crippen LogP contribution is -2.46. The molecule has 1 fully saturated rings. The van der Waals surface area contributed by atoms with Crippen molar-refractivity contribution in [3.05, 3.63) is 65.2 Å². The van der Waals surface area contributed by atoms with Gasteiger partial charge in [-0.15, -0.1) is 0 Å². The normalized spacial score (nSPS) is 17.9. The van der Waals surface area contributed by atoms with Crippen LogP contribution in [0.2, 0.25) is 0 Å². The Kier molecular flexibility index (Phi) is 6.40. The van der Waals surface area contributed by atoms with Gasteiger partial charge in [0.1, 0.15) is 12.1 Å². The molecule has 1 N–H and O–H groups in total. The predicted octanol–water partition coefficient (Wildman–Crippen LogP) is 3.41. The van der Waals surface area contributed by atoms with Crippen LogP contribution in [0.1, 0.15) is 36.5 Å². The molecule has 1 saturated heterocycles. The number of aryl methyl sites for hydroxylation is 2. The third-order valence-electron chi connectivity index (χ3n) is 5.82. The van der Waals surface area contributed by atoms with Crippen molar-refractivity contribution >= 4 is 23.5 Å². The number of hydrogen-bond acceptors (Lipinski definition) is 4. The van der Waals surface area contributed by atoms with Gasteiger partial charge in [0.05, 0.1) is 12.5 Å². The van der Waals surface area contributed by atoms with Crippen LogP contribution < -0.4 is 10.2 Å². The van der Waals surface area contributed by atoms with E-state index in [1.807, 2.05) is 57.2 Å². The fourth-order valence-corrected chi connectivity index (χ4v) is 3.81. The average Bonchev–Trinajstić information content (AvgIpc) is 3.02. The van der Waals surface area contributed by atoms with Crippen molar-refractivity contribution in [1.82, 2.24) is 10.2 Å². The maximum absolute atomic E-state index is 13.3. The second-order valence-corrected chi connectivity index (χ2v) is 7.67. The quantitative estimate of drug-likeness (QED) is 0.698. The maximum Gasteiger partial charge on any atom is 0.325 e. The number of anilines is 1. The Bertz CT molecular complexity index is 1040. The fraction of sp³-hybridized carbons (Fsp3) is 0.333. The molecule has 0 bridgehead atoms. The van der Waals surface area contributed by atoms with Crippen molar-refractivity contribution in [2.45, 2.75) is 39.2 Å². The number of urea groups is 1. The summed E-state index contributed by atoms with van der Waals surface area (Å²) >= 11 is 0. The lowest BCUT2D eigenvalue weighted by Gasteiger charge is -2.27. The molecule has 1 aliphatic rings. The van der Waals surface area contributed by atoms with Gasteiger partial charge >= 0.3 is 6.03 Å². The zero-order valence-corrected chi connectivity index (χ0v) is 18.0. The van der Waals surface area contributed by atoms with Crippen LogP contribution >= 0.6 is 0 Å². The first kappa shape index (κ1) is 22.0. The highest BCUT2D eigenvalue weighted by molar-refractivity contribution is 6.10. The molecular formula is C24H26N4O3. The molecule has 2 aromatic rings. The lowest BCUT2D eigenvalue weighted by molar-refractivity contribution is -0.134. The van der Waals surface area contributed by atoms with Gasteiger partial charge in [0.2, 0.25) is 5.91 Å². The second kappa shape index (κ2) is 9.00. The number of nitriles is 1. The standard InChI is InChI=1S/C24H26N4O3/c1-4-24(19-9-6-5-7-10-19)22(30)28(23(31)26-24)16-21(29)27(14-8-13-25)20-12-11-17(2)18(3)15-20/h5-7,9-12,15H,4,8,14,16H2,1-3H3,(H,26,31). The summed E-state index contributed by atoms with van der Waals surface area (Å²) in [5, 5.41) is 11.8. The zero-order valence-electron chi connectivity index (χ0n) is 18.0. The van der Waals surface area contributed by atoms with Gasteiger partial charge in [-0.1, -0.05) is 43.3 Å². The van der Waals surface area contributed by atoms with Crippen molar-refractivity contribution in [1.29, 1.82) is 5.26 Å². The molecule has 3 rings (SSSR count). The van der Waals surface area contributed by atoms with Crippen molar-refractivity contribution in [2.24, 2.45) is 0 Å². The van der Waals surface area contributed by atoms with Gasteiger partial charge in [-0.25, -0.2) is 4.79 Å². The third kappa shape index (κ3) is 4.15. The minimum atomic E-state index is -1.18. The zero-order chi connectivity index (χ0) is 22.6. The number of nitrogens with zero attached hydrogens (tertiary/aromatic N) is 3. The van der Waals surface area contributed by atoms with E-state index in [0.717, 1.165) is 16.0 Å². The van der Waals surface area contributed by atoms with E-state index in [2.05, 4.69) is 11.4 Å². The largest absolute Gasteiger partial charge is 0.325 e. The van der Waals surface area contributed by atoms with E-state index in [0.29, 0.717) is 17.7 Å². The predicted molar refractivity (Wildman–Crippen MR) is 117 cm³/mol. The number of amides is 4. The molecule has 1 unspecified atom stereocenters. The van der Waals surface area contributed by atoms with Gasteiger partial charge in [-0.3, -0.25) is 14.5 Å². The Morgan fingerprint density at radius 3 is 2.45 bits per heavy atom. The molecule has 160 valence electrons. The van der Waals surface area contributed by atoms with Crippen LogP contribution in [0.15, 0.2) is 48.5 Å². The molecule has 7 heteroatoms. The van der Waals surface area contributed by atoms with E-state index in [9.17, 15) is 14.4 Å². The van der Waals surface area contributed by atoms with Gasteiger partial charge in [0.15, 0.2) is 0 Å². The molecule has 31 heavy (non-hydrogen) atoms. The van der Waals surface area contributed by atoms with Crippen molar-refractivity contribution in [3.63, 3.8) is 0 Å². The summed E-state index contributed by atoms with van der Waals surface area (Å²) in [6, 6.07) is 16.1. The minimum Gasteiger partial charge on any atom is -0.319 e. The highest BCUT2D eigenvalue weighted by atomic mass is 16.2. The molecule has 1 atom stereocenters. The number of carbonyl (C=O) groups is 3. The number of nitrogens with one attached hydrogen (secondary N) is 1. The molecule has 0 aliphatic carbocycles. The lowest BCUT2D eigenvalue weighted by atomic mass is 9.87. The third-order valence-corrected chi connectivity index (χ3v) is 5.82. The monoisotopic (exact) mass is 418 g/mol. The van der Waals surface area contributed by atoms with Crippen molar-refractivity contribution < 1.29 is 14.4 Å². The Labute approximate surface area is 182 Å². The van der Waals surface area contributed by atoms with Gasteiger partial charge in [-0.05, 0) is 49.1 Å². The van der Waals surface area contributed by atoms with Crippen molar-refractivity contribution in [2.75, 3.05) is 18.0 Å². The number of carbonyl (C=O) groups excluding carboxylic acids is 3. The Balaban J connectivity index is 1.87. The Morgan fingerprint density at radius 2 is 1.84 bits per heavy atom. The summed E-state index contributed by atoms with van der Waals surface area (Å²) in [7, 11) is 0. The van der Waals surface area contributed by atoms with Crippen LogP contribution in [0.3, 0.4) is 0 Å². The summed E-state index contributed by atoms with van der Waals surface area (Å²) in [6.07, 6.45) is 0.503. The van der Waals surface area contributed by atoms with Gasteiger partial charge in [-0.2, -0.15) is 5.26 Å². The van der Waals surface area contributed by atoms with E-state index in [-0.39, 0.29) is 13.0 Å². The van der Waals surface area contributed by atoms with E-state index in [4.69, 9.17) is 5.26 Å². The summed E-state index contributed by atoms with van der Waals surface area (Å²) in [4.78, 5) is 41.6. The topological polar surface area (TPSA) is 93.5 Å². The van der Waals surface area contributed by atoms with E-state index in [1.165, 1.54) is 4.90 Å². The number of rotatable bonds is 7. The molecule has 1 aliphatic heterocycles. The second-order valence-electron chi connectivity index (χ2n) is 7.67. The molecule has 2 aromatic carbocycles. The molecule has 0 saturated carbocycles. The highest BCUT2D eigenvalue weighted by Gasteiger charge is 2.51. The first-order valence-electron chi connectivity index (χ1n) is 10.3. The molecule has 0 radical (unpaired) electrons. The van der Waals surface area contributed by atoms with Crippen LogP contribution in [-0.2, 0) is 15.1 Å². The summed E-state index contributed by atoms with van der Waals surface area (Å²) in [6.45, 7) is 5.53. The molecule has 7 nitrogen and oxygen atoms in total. The van der Waals surface area contributed by atoms with Crippen molar-refractivity contribution in [3.8, 4) is 6.07 Å². The molecule has 0 spiro atoms. The Hall–Kier alpha value is -3.66. The van der Waals surface area contributed by atoms with E-state index < -0.39 is 29.9 Å². The fourth-order valence-electron chi connectivity index (χ4n) is 3.81. The van der Waals surface area contributed by atoms with Gasteiger partial charge < -0.3 is 10.2 Å². The van der Waals surface area contributed by atoms with Crippen LogP contribution in [0.25, 0.3) is 0 Å². The van der Waals surface area contributed by atoms with Crippen LogP contribution in [0.4, 0.5) is 10.5 Å². The number of imide groups is 1. The first-order valence-corrected chi connectivity index (χ1v) is 10.3. The van der Waals surface area contributed by atoms with E-state index >= 15 is 0 Å². The highest BCUT2D eigenvalue weighted by Crippen LogP contribution is 2.32.